The molecular weight excluding hydrogens is 382 g/mol. The second-order valence-electron chi connectivity index (χ2n) is 8.23. The lowest BCUT2D eigenvalue weighted by Gasteiger charge is -2.29. The smallest absolute Gasteiger partial charge is 0.410 e. The Hall–Kier alpha value is -3.35. The first-order valence-electron chi connectivity index (χ1n) is 9.85. The van der Waals surface area contributed by atoms with Crippen LogP contribution in [-0.4, -0.2) is 40.6 Å². The lowest BCUT2D eigenvalue weighted by Crippen LogP contribution is -2.39. The molecule has 1 aromatic carbocycles. The van der Waals surface area contributed by atoms with Crippen molar-refractivity contribution in [2.24, 2.45) is 5.73 Å². The fourth-order valence-corrected chi connectivity index (χ4v) is 3.00. The molecular formula is C23H27N3O4. The largest absolute Gasteiger partial charge is 0.444 e. The molecule has 7 nitrogen and oxygen atoms in total. The van der Waals surface area contributed by atoms with E-state index in [-0.39, 0.29) is 17.5 Å². The summed E-state index contributed by atoms with van der Waals surface area (Å²) in [5.41, 5.74) is 7.93. The van der Waals surface area contributed by atoms with Gasteiger partial charge in [0, 0.05) is 13.1 Å². The summed E-state index contributed by atoms with van der Waals surface area (Å²) < 4.78 is 11.3. The highest BCUT2D eigenvalue weighted by molar-refractivity contribution is 5.95. The van der Waals surface area contributed by atoms with Gasteiger partial charge in [-0.05, 0) is 64.0 Å². The first-order valence-corrected chi connectivity index (χ1v) is 9.85. The van der Waals surface area contributed by atoms with Crippen molar-refractivity contribution in [3.8, 4) is 11.6 Å². The van der Waals surface area contributed by atoms with E-state index >= 15 is 0 Å². The first kappa shape index (κ1) is 21.4. The van der Waals surface area contributed by atoms with E-state index in [4.69, 9.17) is 15.2 Å². The normalized spacial score (nSPS) is 14.1. The van der Waals surface area contributed by atoms with E-state index in [1.165, 1.54) is 0 Å². The second-order valence-corrected chi connectivity index (χ2v) is 8.23. The van der Waals surface area contributed by atoms with Crippen LogP contribution >= 0.6 is 0 Å². The van der Waals surface area contributed by atoms with E-state index in [0.717, 1.165) is 11.1 Å². The lowest BCUT2D eigenvalue weighted by molar-refractivity contribution is 0.0270. The maximum absolute atomic E-state index is 12.2. The summed E-state index contributed by atoms with van der Waals surface area (Å²) in [6.07, 6.45) is 2.22. The summed E-state index contributed by atoms with van der Waals surface area (Å²) in [4.78, 5) is 30.2. The maximum atomic E-state index is 12.2. The number of hydrogen-bond donors (Lipinski definition) is 1. The summed E-state index contributed by atoms with van der Waals surface area (Å²) in [5, 5.41) is 0. The van der Waals surface area contributed by atoms with Crippen LogP contribution in [0.25, 0.3) is 5.57 Å². The van der Waals surface area contributed by atoms with Crippen LogP contribution in [0.15, 0.2) is 42.5 Å². The van der Waals surface area contributed by atoms with Gasteiger partial charge in [0.05, 0.1) is 5.69 Å². The Morgan fingerprint density at radius 3 is 2.37 bits per heavy atom. The number of aryl methyl sites for hydroxylation is 1. The number of ether oxygens (including phenoxy) is 2. The van der Waals surface area contributed by atoms with Crippen LogP contribution in [0.2, 0.25) is 0 Å². The third-order valence-electron chi connectivity index (χ3n) is 4.55. The van der Waals surface area contributed by atoms with Gasteiger partial charge in [0.15, 0.2) is 0 Å². The topological polar surface area (TPSA) is 94.8 Å². The minimum Gasteiger partial charge on any atom is -0.444 e. The number of nitrogens with two attached hydrogens (primary N) is 1. The molecule has 1 aliphatic rings. The van der Waals surface area contributed by atoms with Gasteiger partial charge in [0.25, 0.3) is 5.91 Å². The van der Waals surface area contributed by atoms with E-state index in [9.17, 15) is 9.59 Å². The Labute approximate surface area is 176 Å². The molecule has 0 saturated heterocycles. The average molecular weight is 409 g/mol. The molecule has 2 heterocycles. The Morgan fingerprint density at radius 1 is 1.10 bits per heavy atom. The summed E-state index contributed by atoms with van der Waals surface area (Å²) in [5.74, 6) is 0.130. The molecule has 0 spiro atoms. The molecule has 0 fully saturated rings. The van der Waals surface area contributed by atoms with Crippen LogP contribution < -0.4 is 10.5 Å². The molecule has 0 bridgehead atoms. The van der Waals surface area contributed by atoms with E-state index < -0.39 is 11.5 Å². The molecule has 1 aliphatic heterocycles. The van der Waals surface area contributed by atoms with Gasteiger partial charge >= 0.3 is 6.09 Å². The van der Waals surface area contributed by atoms with E-state index in [0.29, 0.717) is 31.0 Å². The number of benzene rings is 1. The summed E-state index contributed by atoms with van der Waals surface area (Å²) in [6.45, 7) is 8.46. The lowest BCUT2D eigenvalue weighted by atomic mass is 10.0. The Bertz CT molecular complexity index is 975. The quantitative estimate of drug-likeness (QED) is 0.812. The number of carbonyl (C=O) groups is 2. The van der Waals surface area contributed by atoms with Crippen molar-refractivity contribution in [2.45, 2.75) is 39.7 Å². The van der Waals surface area contributed by atoms with Crippen molar-refractivity contribution < 1.29 is 19.1 Å². The molecule has 30 heavy (non-hydrogen) atoms. The van der Waals surface area contributed by atoms with Crippen LogP contribution in [0, 0.1) is 6.92 Å². The standard InChI is InChI=1S/C23H27N3O4/c1-15-5-7-17(8-6-15)29-21-18(20(24)27)9-10-19(25-21)16-11-13-26(14-12-16)22(28)30-23(2,3)4/h5-11H,12-14H2,1-4H3,(H2,24,27). The molecule has 0 atom stereocenters. The molecule has 2 aromatic rings. The van der Waals surface area contributed by atoms with Gasteiger partial charge in [-0.25, -0.2) is 9.78 Å². The summed E-state index contributed by atoms with van der Waals surface area (Å²) in [6, 6.07) is 10.8. The number of nitrogens with zero attached hydrogens (tertiary/aromatic N) is 2. The minimum atomic E-state index is -0.607. The monoisotopic (exact) mass is 409 g/mol. The molecule has 1 aromatic heterocycles. The van der Waals surface area contributed by atoms with Crippen LogP contribution in [0.5, 0.6) is 11.6 Å². The Kier molecular flexibility index (Phi) is 6.10. The highest BCUT2D eigenvalue weighted by Gasteiger charge is 2.24. The van der Waals surface area contributed by atoms with Crippen molar-refractivity contribution in [1.29, 1.82) is 0 Å². The van der Waals surface area contributed by atoms with Crippen molar-refractivity contribution in [2.75, 3.05) is 13.1 Å². The molecule has 2 amide bonds. The van der Waals surface area contributed by atoms with E-state index in [1.54, 1.807) is 17.0 Å². The zero-order valence-corrected chi connectivity index (χ0v) is 17.8. The molecule has 3 rings (SSSR count). The number of hydrogen-bond acceptors (Lipinski definition) is 5. The van der Waals surface area contributed by atoms with Crippen molar-refractivity contribution in [3.05, 3.63) is 59.3 Å². The predicted octanol–water partition coefficient (Wildman–Crippen LogP) is 4.31. The molecule has 0 unspecified atom stereocenters. The fourth-order valence-electron chi connectivity index (χ4n) is 3.00. The number of amides is 2. The van der Waals surface area contributed by atoms with E-state index in [2.05, 4.69) is 4.98 Å². The summed E-state index contributed by atoms with van der Waals surface area (Å²) >= 11 is 0. The maximum Gasteiger partial charge on any atom is 0.410 e. The molecule has 158 valence electrons. The second kappa shape index (κ2) is 8.57. The number of pyridine rings is 1. The van der Waals surface area contributed by atoms with Crippen molar-refractivity contribution >= 4 is 17.6 Å². The third-order valence-corrected chi connectivity index (χ3v) is 4.55. The number of aromatic nitrogens is 1. The number of carbonyl (C=O) groups excluding carboxylic acids is 2. The zero-order valence-electron chi connectivity index (χ0n) is 17.8. The van der Waals surface area contributed by atoms with Gasteiger partial charge in [-0.2, -0.15) is 0 Å². The van der Waals surface area contributed by atoms with Crippen molar-refractivity contribution in [3.63, 3.8) is 0 Å². The zero-order chi connectivity index (χ0) is 21.9. The average Bonchev–Trinajstić information content (AvgIpc) is 2.68. The first-order chi connectivity index (χ1) is 14.1. The Morgan fingerprint density at radius 2 is 1.80 bits per heavy atom. The van der Waals surface area contributed by atoms with Gasteiger partial charge in [-0.1, -0.05) is 23.8 Å². The highest BCUT2D eigenvalue weighted by atomic mass is 16.6. The van der Waals surface area contributed by atoms with Gasteiger partial charge in [-0.3, -0.25) is 4.79 Å². The molecule has 7 heteroatoms. The van der Waals surface area contributed by atoms with Crippen LogP contribution in [0.3, 0.4) is 0 Å². The summed E-state index contributed by atoms with van der Waals surface area (Å²) in [7, 11) is 0. The minimum absolute atomic E-state index is 0.166. The highest BCUT2D eigenvalue weighted by Crippen LogP contribution is 2.28. The molecule has 0 radical (unpaired) electrons. The van der Waals surface area contributed by atoms with Crippen LogP contribution in [-0.2, 0) is 4.74 Å². The van der Waals surface area contributed by atoms with Gasteiger partial charge in [0.1, 0.15) is 16.9 Å². The number of rotatable bonds is 4. The van der Waals surface area contributed by atoms with E-state index in [1.807, 2.05) is 58.0 Å². The SMILES string of the molecule is Cc1ccc(Oc2nc(C3=CCN(C(=O)OC(C)(C)C)CC3)ccc2C(N)=O)cc1. The third kappa shape index (κ3) is 5.37. The molecule has 2 N–H and O–H groups in total. The van der Waals surface area contributed by atoms with Gasteiger partial charge in [-0.15, -0.1) is 0 Å². The van der Waals surface area contributed by atoms with Crippen LogP contribution in [0.4, 0.5) is 4.79 Å². The predicted molar refractivity (Wildman–Crippen MR) is 114 cm³/mol. The fraction of sp³-hybridized carbons (Fsp3) is 0.348. The van der Waals surface area contributed by atoms with Gasteiger partial charge in [0.2, 0.25) is 5.88 Å². The molecule has 0 aliphatic carbocycles. The van der Waals surface area contributed by atoms with Crippen LogP contribution in [0.1, 0.15) is 48.8 Å². The van der Waals surface area contributed by atoms with Gasteiger partial charge < -0.3 is 20.1 Å². The van der Waals surface area contributed by atoms with Crippen molar-refractivity contribution in [1.82, 2.24) is 9.88 Å². The Balaban J connectivity index is 1.80. The molecule has 0 saturated carbocycles. The number of primary amides is 1.